The quantitative estimate of drug-likeness (QED) is 0.213. The topological polar surface area (TPSA) is 131 Å². The highest BCUT2D eigenvalue weighted by Crippen LogP contribution is 2.49. The van der Waals surface area contributed by atoms with Crippen LogP contribution in [0, 0.1) is 10.1 Å². The molecule has 0 heterocycles. The van der Waals surface area contributed by atoms with Crippen molar-refractivity contribution in [2.75, 3.05) is 18.1 Å². The highest BCUT2D eigenvalue weighted by Gasteiger charge is 2.31. The minimum Gasteiger partial charge on any atom is -0.399 e. The number of carbonyl (C=O) groups is 1. The van der Waals surface area contributed by atoms with Gasteiger partial charge in [0.1, 0.15) is 11.5 Å². The van der Waals surface area contributed by atoms with Crippen LogP contribution in [-0.4, -0.2) is 22.4 Å². The van der Waals surface area contributed by atoms with Crippen molar-refractivity contribution in [3.05, 3.63) is 58.6 Å². The second kappa shape index (κ2) is 9.40. The third kappa shape index (κ3) is 6.93. The molecule has 9 nitrogen and oxygen atoms in total. The molecule has 0 saturated heterocycles. The van der Waals surface area contributed by atoms with E-state index in [2.05, 4.69) is 0 Å². The fourth-order valence-electron chi connectivity index (χ4n) is 1.82. The molecule has 2 aromatic carbocycles. The number of rotatable bonds is 9. The smallest absolute Gasteiger partial charge is 0.399 e. The predicted octanol–water partition coefficient (Wildman–Crippen LogP) is 4.04. The molecule has 27 heavy (non-hydrogen) atoms. The van der Waals surface area contributed by atoms with Crippen molar-refractivity contribution < 1.29 is 27.9 Å². The van der Waals surface area contributed by atoms with Gasteiger partial charge in [-0.3, -0.25) is 19.4 Å². The second-order valence-electron chi connectivity index (χ2n) is 5.12. The van der Waals surface area contributed by atoms with Crippen molar-refractivity contribution in [1.82, 2.24) is 0 Å². The van der Waals surface area contributed by atoms with Gasteiger partial charge in [0, 0.05) is 30.5 Å². The molecule has 0 spiro atoms. The van der Waals surface area contributed by atoms with Crippen molar-refractivity contribution in [3.63, 3.8) is 0 Å². The molecule has 1 atom stereocenters. The van der Waals surface area contributed by atoms with Gasteiger partial charge in [-0.2, -0.15) is 0 Å². The van der Waals surface area contributed by atoms with Gasteiger partial charge in [0.25, 0.3) is 5.69 Å². The van der Waals surface area contributed by atoms with Crippen molar-refractivity contribution >= 4 is 36.1 Å². The summed E-state index contributed by atoms with van der Waals surface area (Å²) in [6.45, 7) is 1.34. The van der Waals surface area contributed by atoms with Gasteiger partial charge in [0.2, 0.25) is 0 Å². The Labute approximate surface area is 159 Å². The number of phosphoric ester groups is 1. The van der Waals surface area contributed by atoms with E-state index in [1.165, 1.54) is 43.3 Å². The van der Waals surface area contributed by atoms with E-state index < -0.39 is 12.7 Å². The van der Waals surface area contributed by atoms with Crippen LogP contribution in [0.3, 0.4) is 0 Å². The largest absolute Gasteiger partial charge is 0.587 e. The van der Waals surface area contributed by atoms with E-state index in [1.54, 1.807) is 12.1 Å². The number of carbonyl (C=O) groups excluding carboxylic acids is 1. The molecular weight excluding hydrogens is 395 g/mol. The first-order valence-corrected chi connectivity index (χ1v) is 10.1. The highest BCUT2D eigenvalue weighted by molar-refractivity contribution is 8.13. The number of hydrogen-bond donors (Lipinski definition) is 1. The fourth-order valence-corrected chi connectivity index (χ4v) is 3.62. The lowest BCUT2D eigenvalue weighted by Crippen LogP contribution is -2.08. The Bertz CT molecular complexity index is 843. The Kier molecular flexibility index (Phi) is 7.23. The Morgan fingerprint density at radius 2 is 1.63 bits per heavy atom. The minimum absolute atomic E-state index is 0.0660. The van der Waals surface area contributed by atoms with E-state index in [0.29, 0.717) is 5.69 Å². The van der Waals surface area contributed by atoms with Gasteiger partial charge < -0.3 is 14.8 Å². The van der Waals surface area contributed by atoms with Gasteiger partial charge in [-0.05, 0) is 36.4 Å². The monoisotopic (exact) mass is 412 g/mol. The number of nitro groups is 1. The summed E-state index contributed by atoms with van der Waals surface area (Å²) >= 11 is 1.00. The van der Waals surface area contributed by atoms with Crippen molar-refractivity contribution in [1.29, 1.82) is 0 Å². The van der Waals surface area contributed by atoms with Crippen LogP contribution in [0.15, 0.2) is 48.5 Å². The summed E-state index contributed by atoms with van der Waals surface area (Å²) in [5.41, 5.74) is 5.95. The summed E-state index contributed by atoms with van der Waals surface area (Å²) in [7, 11) is -4.11. The molecule has 1 unspecified atom stereocenters. The molecule has 0 saturated carbocycles. The van der Waals surface area contributed by atoms with E-state index >= 15 is 0 Å². The van der Waals surface area contributed by atoms with Crippen molar-refractivity contribution in [2.24, 2.45) is 0 Å². The molecule has 0 aliphatic carbocycles. The molecule has 144 valence electrons. The Morgan fingerprint density at radius 3 is 2.11 bits per heavy atom. The number of hydrogen-bond acceptors (Lipinski definition) is 9. The van der Waals surface area contributed by atoms with E-state index in [1.807, 2.05) is 0 Å². The van der Waals surface area contributed by atoms with Gasteiger partial charge >= 0.3 is 7.82 Å². The lowest BCUT2D eigenvalue weighted by Gasteiger charge is -2.19. The standard InChI is InChI=1S/C16H17N2O7PS/c1-12(19)27-11-10-23-26(22,24-15-6-2-13(17)3-7-15)25-16-8-4-14(5-9-16)18(20)21/h2-9H,10-11,17H2,1H3. The molecular formula is C16H17N2O7PS. The van der Waals surface area contributed by atoms with Crippen molar-refractivity contribution in [3.8, 4) is 11.5 Å². The van der Waals surface area contributed by atoms with Crippen LogP contribution in [0.4, 0.5) is 11.4 Å². The summed E-state index contributed by atoms with van der Waals surface area (Å²) in [6.07, 6.45) is 0. The molecule has 0 radical (unpaired) electrons. The van der Waals surface area contributed by atoms with Crippen LogP contribution in [0.25, 0.3) is 0 Å². The van der Waals surface area contributed by atoms with Crippen molar-refractivity contribution in [2.45, 2.75) is 6.92 Å². The maximum atomic E-state index is 13.0. The Hall–Kier alpha value is -2.55. The van der Waals surface area contributed by atoms with Gasteiger partial charge in [0.05, 0.1) is 11.5 Å². The van der Waals surface area contributed by atoms with Gasteiger partial charge in [0.15, 0.2) is 5.12 Å². The number of nitrogen functional groups attached to an aromatic ring is 1. The third-order valence-corrected chi connectivity index (χ3v) is 5.15. The van der Waals surface area contributed by atoms with Gasteiger partial charge in [-0.15, -0.1) is 0 Å². The number of nitrogens with two attached hydrogens (primary N) is 1. The Balaban J connectivity index is 2.14. The number of thioether (sulfide) groups is 1. The molecule has 2 rings (SSSR count). The molecule has 0 bridgehead atoms. The fraction of sp³-hybridized carbons (Fsp3) is 0.188. The van der Waals surface area contributed by atoms with Crippen LogP contribution in [0.1, 0.15) is 6.92 Å². The maximum absolute atomic E-state index is 13.0. The van der Waals surface area contributed by atoms with E-state index in [-0.39, 0.29) is 34.7 Å². The van der Waals surface area contributed by atoms with Crippen LogP contribution < -0.4 is 14.8 Å². The number of anilines is 1. The molecule has 0 fully saturated rings. The SMILES string of the molecule is CC(=O)SCCOP(=O)(Oc1ccc(N)cc1)Oc1ccc([N+](=O)[O-])cc1. The number of nitrogens with zero attached hydrogens (tertiary/aromatic N) is 1. The molecule has 0 aromatic heterocycles. The first-order valence-electron chi connectivity index (χ1n) is 7.64. The summed E-state index contributed by atoms with van der Waals surface area (Å²) in [5, 5.41) is 10.6. The lowest BCUT2D eigenvalue weighted by atomic mass is 10.3. The summed E-state index contributed by atoms with van der Waals surface area (Å²) in [5.74, 6) is 0.529. The van der Waals surface area contributed by atoms with Crippen LogP contribution in [0.5, 0.6) is 11.5 Å². The number of phosphoric acid groups is 1. The van der Waals surface area contributed by atoms with Gasteiger partial charge in [-0.1, -0.05) is 11.8 Å². The molecule has 2 aromatic rings. The van der Waals surface area contributed by atoms with Crippen LogP contribution in [-0.2, 0) is 13.9 Å². The number of nitro benzene ring substituents is 1. The number of non-ortho nitro benzene ring substituents is 1. The molecule has 0 amide bonds. The summed E-state index contributed by atoms with van der Waals surface area (Å²) < 4.78 is 29.0. The zero-order valence-corrected chi connectivity index (χ0v) is 16.0. The number of benzene rings is 2. The minimum atomic E-state index is -4.11. The lowest BCUT2D eigenvalue weighted by molar-refractivity contribution is -0.384. The molecule has 0 aliphatic heterocycles. The summed E-state index contributed by atoms with van der Waals surface area (Å²) in [6, 6.07) is 11.1. The van der Waals surface area contributed by atoms with E-state index in [4.69, 9.17) is 19.3 Å². The van der Waals surface area contributed by atoms with Crippen LogP contribution in [0.2, 0.25) is 0 Å². The second-order valence-corrected chi connectivity index (χ2v) is 7.91. The summed E-state index contributed by atoms with van der Waals surface area (Å²) in [4.78, 5) is 21.1. The average Bonchev–Trinajstić information content (AvgIpc) is 2.61. The predicted molar refractivity (Wildman–Crippen MR) is 102 cm³/mol. The third-order valence-electron chi connectivity index (χ3n) is 3.00. The molecule has 2 N–H and O–H groups in total. The normalized spacial score (nSPS) is 12.8. The zero-order chi connectivity index (χ0) is 19.9. The first-order chi connectivity index (χ1) is 12.8. The molecule has 0 aliphatic rings. The first kappa shape index (κ1) is 20.8. The molecule has 11 heteroatoms. The average molecular weight is 412 g/mol. The van der Waals surface area contributed by atoms with Crippen LogP contribution >= 0.6 is 19.6 Å². The zero-order valence-electron chi connectivity index (χ0n) is 14.3. The maximum Gasteiger partial charge on any atom is 0.587 e. The van der Waals surface area contributed by atoms with Gasteiger partial charge in [-0.25, -0.2) is 4.57 Å². The highest BCUT2D eigenvalue weighted by atomic mass is 32.2. The Morgan fingerprint density at radius 1 is 1.11 bits per heavy atom. The van der Waals surface area contributed by atoms with E-state index in [9.17, 15) is 19.5 Å². The van der Waals surface area contributed by atoms with E-state index in [0.717, 1.165) is 11.8 Å².